The molecule has 2 unspecified atom stereocenters. The van der Waals surface area contributed by atoms with Crippen LogP contribution in [0.3, 0.4) is 0 Å². The molecule has 4 heterocycles. The Labute approximate surface area is 158 Å². The standard InChI is InChI=1S/C20H25N5O2/c1-20(2,3)16-6-17(23-12-22-16)24-8-14-10-25(11-15(14)9-24)19(27)13-4-5-18(26)21-7-13/h4-7,12,14-15H,8-11H2,1-3H3,(H,21,26). The zero-order chi connectivity index (χ0) is 19.2. The van der Waals surface area contributed by atoms with Crippen molar-refractivity contribution in [3.05, 3.63) is 52.3 Å². The average molecular weight is 367 g/mol. The van der Waals surface area contributed by atoms with E-state index in [2.05, 4.69) is 46.7 Å². The predicted octanol–water partition coefficient (Wildman–Crippen LogP) is 1.67. The summed E-state index contributed by atoms with van der Waals surface area (Å²) >= 11 is 0. The van der Waals surface area contributed by atoms with Crippen LogP contribution in [0.25, 0.3) is 0 Å². The number of likely N-dealkylation sites (tertiary alicyclic amines) is 1. The van der Waals surface area contributed by atoms with E-state index in [1.807, 2.05) is 4.90 Å². The summed E-state index contributed by atoms with van der Waals surface area (Å²) in [7, 11) is 0. The molecule has 0 aromatic carbocycles. The van der Waals surface area contributed by atoms with Crippen LogP contribution >= 0.6 is 0 Å². The number of carbonyl (C=O) groups is 1. The zero-order valence-electron chi connectivity index (χ0n) is 16.0. The van der Waals surface area contributed by atoms with Crippen molar-refractivity contribution in [2.24, 2.45) is 11.8 Å². The van der Waals surface area contributed by atoms with Gasteiger partial charge in [0.1, 0.15) is 12.1 Å². The highest BCUT2D eigenvalue weighted by atomic mass is 16.2. The number of pyridine rings is 1. The maximum Gasteiger partial charge on any atom is 0.255 e. The largest absolute Gasteiger partial charge is 0.356 e. The second kappa shape index (κ2) is 6.48. The fourth-order valence-corrected chi connectivity index (χ4v) is 4.00. The van der Waals surface area contributed by atoms with Crippen LogP contribution < -0.4 is 10.5 Å². The molecule has 0 spiro atoms. The van der Waals surface area contributed by atoms with Crippen molar-refractivity contribution in [3.8, 4) is 0 Å². The van der Waals surface area contributed by atoms with Crippen LogP contribution in [0.2, 0.25) is 0 Å². The molecule has 7 heteroatoms. The number of aromatic amines is 1. The number of fused-ring (bicyclic) bond motifs is 1. The van der Waals surface area contributed by atoms with Crippen molar-refractivity contribution in [1.82, 2.24) is 19.9 Å². The third-order valence-electron chi connectivity index (χ3n) is 5.55. The summed E-state index contributed by atoms with van der Waals surface area (Å²) in [5.41, 5.74) is 1.38. The Morgan fingerprint density at radius 3 is 2.41 bits per heavy atom. The van der Waals surface area contributed by atoms with Gasteiger partial charge in [-0.25, -0.2) is 9.97 Å². The van der Waals surface area contributed by atoms with E-state index in [9.17, 15) is 9.59 Å². The number of aromatic nitrogens is 3. The summed E-state index contributed by atoms with van der Waals surface area (Å²) in [6.07, 6.45) is 3.15. The minimum absolute atomic E-state index is 0.00679. The number of rotatable bonds is 2. The molecule has 142 valence electrons. The van der Waals surface area contributed by atoms with Crippen LogP contribution in [-0.4, -0.2) is 51.9 Å². The van der Waals surface area contributed by atoms with E-state index >= 15 is 0 Å². The van der Waals surface area contributed by atoms with Gasteiger partial charge in [-0.1, -0.05) is 20.8 Å². The highest BCUT2D eigenvalue weighted by Crippen LogP contribution is 2.34. The van der Waals surface area contributed by atoms with Crippen molar-refractivity contribution in [1.29, 1.82) is 0 Å². The molecule has 2 saturated heterocycles. The molecular formula is C20H25N5O2. The van der Waals surface area contributed by atoms with E-state index in [1.165, 1.54) is 12.3 Å². The summed E-state index contributed by atoms with van der Waals surface area (Å²) in [5, 5.41) is 0. The molecule has 0 saturated carbocycles. The SMILES string of the molecule is CC(C)(C)c1cc(N2CC3CN(C(=O)c4ccc(=O)[nH]c4)CC3C2)ncn1. The number of amides is 1. The number of anilines is 1. The van der Waals surface area contributed by atoms with E-state index in [0.29, 0.717) is 17.4 Å². The highest BCUT2D eigenvalue weighted by Gasteiger charge is 2.42. The van der Waals surface area contributed by atoms with Crippen LogP contribution in [0.5, 0.6) is 0 Å². The number of hydrogen-bond acceptors (Lipinski definition) is 5. The second-order valence-electron chi connectivity index (χ2n) is 8.59. The van der Waals surface area contributed by atoms with Gasteiger partial charge in [0.25, 0.3) is 5.91 Å². The first-order chi connectivity index (χ1) is 12.8. The molecule has 1 amide bonds. The maximum atomic E-state index is 12.7. The first-order valence-corrected chi connectivity index (χ1v) is 9.37. The molecule has 7 nitrogen and oxygen atoms in total. The Balaban J connectivity index is 1.43. The topological polar surface area (TPSA) is 82.2 Å². The molecule has 0 bridgehead atoms. The molecule has 2 atom stereocenters. The van der Waals surface area contributed by atoms with E-state index in [1.54, 1.807) is 12.4 Å². The number of hydrogen-bond donors (Lipinski definition) is 1. The molecule has 2 fully saturated rings. The number of carbonyl (C=O) groups excluding carboxylic acids is 1. The fraction of sp³-hybridized carbons (Fsp3) is 0.500. The first kappa shape index (κ1) is 17.7. The summed E-state index contributed by atoms with van der Waals surface area (Å²) in [5.74, 6) is 1.86. The minimum atomic E-state index is -0.194. The molecule has 0 aliphatic carbocycles. The maximum absolute atomic E-state index is 12.7. The summed E-state index contributed by atoms with van der Waals surface area (Å²) in [6.45, 7) is 9.75. The quantitative estimate of drug-likeness (QED) is 0.873. The van der Waals surface area contributed by atoms with Crippen molar-refractivity contribution >= 4 is 11.7 Å². The molecule has 2 aliphatic rings. The van der Waals surface area contributed by atoms with Gasteiger partial charge in [0, 0.05) is 61.8 Å². The normalized spacial score (nSPS) is 22.2. The van der Waals surface area contributed by atoms with Crippen LogP contribution in [0.15, 0.2) is 35.5 Å². The molecule has 2 aromatic heterocycles. The fourth-order valence-electron chi connectivity index (χ4n) is 4.00. The van der Waals surface area contributed by atoms with Crippen LogP contribution in [0, 0.1) is 11.8 Å². The van der Waals surface area contributed by atoms with Gasteiger partial charge in [0.15, 0.2) is 0 Å². The van der Waals surface area contributed by atoms with Gasteiger partial charge in [-0.2, -0.15) is 0 Å². The van der Waals surface area contributed by atoms with Crippen molar-refractivity contribution < 1.29 is 4.79 Å². The zero-order valence-corrected chi connectivity index (χ0v) is 16.0. The van der Waals surface area contributed by atoms with Gasteiger partial charge in [0.2, 0.25) is 5.56 Å². The lowest BCUT2D eigenvalue weighted by molar-refractivity contribution is 0.0782. The Hall–Kier alpha value is -2.70. The number of H-pyrrole nitrogens is 1. The van der Waals surface area contributed by atoms with Crippen molar-refractivity contribution in [3.63, 3.8) is 0 Å². The lowest BCUT2D eigenvalue weighted by Crippen LogP contribution is -2.33. The monoisotopic (exact) mass is 367 g/mol. The Kier molecular flexibility index (Phi) is 4.25. The average Bonchev–Trinajstić information content (AvgIpc) is 3.20. The Bertz CT molecular complexity index is 883. The molecule has 1 N–H and O–H groups in total. The summed E-state index contributed by atoms with van der Waals surface area (Å²) < 4.78 is 0. The number of nitrogens with one attached hydrogen (secondary N) is 1. The van der Waals surface area contributed by atoms with E-state index < -0.39 is 0 Å². The molecule has 27 heavy (non-hydrogen) atoms. The Morgan fingerprint density at radius 2 is 1.81 bits per heavy atom. The predicted molar refractivity (Wildman–Crippen MR) is 103 cm³/mol. The highest BCUT2D eigenvalue weighted by molar-refractivity contribution is 5.94. The lowest BCUT2D eigenvalue weighted by Gasteiger charge is -2.24. The smallest absolute Gasteiger partial charge is 0.255 e. The molecule has 0 radical (unpaired) electrons. The summed E-state index contributed by atoms with van der Waals surface area (Å²) in [4.78, 5) is 39.5. The second-order valence-corrected chi connectivity index (χ2v) is 8.59. The van der Waals surface area contributed by atoms with E-state index in [-0.39, 0.29) is 16.9 Å². The van der Waals surface area contributed by atoms with Gasteiger partial charge in [-0.15, -0.1) is 0 Å². The Morgan fingerprint density at radius 1 is 1.11 bits per heavy atom. The minimum Gasteiger partial charge on any atom is -0.356 e. The van der Waals surface area contributed by atoms with Crippen molar-refractivity contribution in [2.45, 2.75) is 26.2 Å². The molecule has 2 aliphatic heterocycles. The van der Waals surface area contributed by atoms with Gasteiger partial charge < -0.3 is 14.8 Å². The van der Waals surface area contributed by atoms with E-state index in [0.717, 1.165) is 37.7 Å². The number of nitrogens with zero attached hydrogens (tertiary/aromatic N) is 4. The third kappa shape index (κ3) is 3.46. The van der Waals surface area contributed by atoms with Gasteiger partial charge >= 0.3 is 0 Å². The molecule has 4 rings (SSSR count). The molecule has 2 aromatic rings. The van der Waals surface area contributed by atoms with Gasteiger partial charge in [-0.3, -0.25) is 9.59 Å². The van der Waals surface area contributed by atoms with Gasteiger partial charge in [0.05, 0.1) is 11.3 Å². The van der Waals surface area contributed by atoms with E-state index in [4.69, 9.17) is 0 Å². The first-order valence-electron chi connectivity index (χ1n) is 9.37. The molecular weight excluding hydrogens is 342 g/mol. The van der Waals surface area contributed by atoms with Crippen LogP contribution in [-0.2, 0) is 5.41 Å². The third-order valence-corrected chi connectivity index (χ3v) is 5.55. The summed E-state index contributed by atoms with van der Waals surface area (Å²) in [6, 6.07) is 5.08. The lowest BCUT2D eigenvalue weighted by atomic mass is 9.92. The van der Waals surface area contributed by atoms with Crippen LogP contribution in [0.1, 0.15) is 36.8 Å². The van der Waals surface area contributed by atoms with Gasteiger partial charge in [-0.05, 0) is 6.07 Å². The van der Waals surface area contributed by atoms with Crippen molar-refractivity contribution in [2.75, 3.05) is 31.1 Å². The van der Waals surface area contributed by atoms with Crippen LogP contribution in [0.4, 0.5) is 5.82 Å².